The van der Waals surface area contributed by atoms with Gasteiger partial charge in [-0.25, -0.2) is 4.79 Å². The summed E-state index contributed by atoms with van der Waals surface area (Å²) in [5, 5.41) is 14.6. The number of ether oxygens (including phenoxy) is 1. The number of benzene rings is 2. The highest BCUT2D eigenvalue weighted by Gasteiger charge is 2.40. The van der Waals surface area contributed by atoms with Crippen LogP contribution in [0.2, 0.25) is 0 Å². The molecule has 1 N–H and O–H groups in total. The van der Waals surface area contributed by atoms with E-state index in [4.69, 9.17) is 4.74 Å². The molecule has 8 nitrogen and oxygen atoms in total. The van der Waals surface area contributed by atoms with Crippen LogP contribution in [0.3, 0.4) is 0 Å². The van der Waals surface area contributed by atoms with Crippen LogP contribution in [0.25, 0.3) is 0 Å². The number of hydrogen-bond acceptors (Lipinski definition) is 7. The van der Waals surface area contributed by atoms with Crippen LogP contribution in [0.15, 0.2) is 77.1 Å². The van der Waals surface area contributed by atoms with Gasteiger partial charge in [0.2, 0.25) is 0 Å². The summed E-state index contributed by atoms with van der Waals surface area (Å²) in [5.41, 5.74) is 3.53. The van der Waals surface area contributed by atoms with Crippen LogP contribution in [-0.2, 0) is 20.9 Å². The number of rotatable bonds is 5. The normalized spacial score (nSPS) is 18.2. The Bertz CT molecular complexity index is 1160. The number of nitrogens with zero attached hydrogens (tertiary/aromatic N) is 2. The lowest BCUT2D eigenvalue weighted by molar-refractivity contribution is -0.384. The van der Waals surface area contributed by atoms with E-state index in [9.17, 15) is 19.7 Å². The Morgan fingerprint density at radius 2 is 1.91 bits per heavy atom. The number of carbonyl (C=O) groups is 2. The predicted octanol–water partition coefficient (Wildman–Crippen LogP) is 3.49. The Labute approximate surface area is 197 Å². The molecule has 1 unspecified atom stereocenters. The Kier molecular flexibility index (Phi) is 7.30. The monoisotopic (exact) mass is 469 g/mol. The van der Waals surface area contributed by atoms with Crippen LogP contribution in [0.1, 0.15) is 24.0 Å². The largest absolute Gasteiger partial charge is 0.466 e. The third-order valence-electron chi connectivity index (χ3n) is 5.76. The van der Waals surface area contributed by atoms with E-state index in [2.05, 4.69) is 5.32 Å². The smallest absolute Gasteiger partial charge is 0.336 e. The minimum absolute atomic E-state index is 0. The summed E-state index contributed by atoms with van der Waals surface area (Å²) in [4.78, 5) is 38.9. The van der Waals surface area contributed by atoms with E-state index >= 15 is 0 Å². The molecule has 0 spiro atoms. The van der Waals surface area contributed by atoms with Crippen molar-refractivity contribution in [3.63, 3.8) is 0 Å². The van der Waals surface area contributed by atoms with Crippen molar-refractivity contribution in [1.29, 1.82) is 0 Å². The number of halogens is 1. The van der Waals surface area contributed by atoms with Gasteiger partial charge in [-0.2, -0.15) is 0 Å². The zero-order valence-corrected chi connectivity index (χ0v) is 19.1. The molecule has 0 radical (unpaired) electrons. The molecule has 172 valence electrons. The number of hydrogen-bond donors (Lipinski definition) is 1. The molecule has 0 aliphatic carbocycles. The molecule has 2 aliphatic rings. The standard InChI is InChI=1S/C24H23N3O5.ClH/c1-15-21(24(29)32-2)22(17-9-6-10-18(11-17)27(30)31)23-19(25-15)13-26(14-20(23)28)12-16-7-4-3-5-8-16;/h3-11,22,25H,12-14H2,1-2H3;1H. The van der Waals surface area contributed by atoms with Crippen molar-refractivity contribution in [3.05, 3.63) is 98.4 Å². The van der Waals surface area contributed by atoms with Crippen LogP contribution < -0.4 is 5.32 Å². The quantitative estimate of drug-likeness (QED) is 0.406. The van der Waals surface area contributed by atoms with Gasteiger partial charge in [-0.15, -0.1) is 12.4 Å². The lowest BCUT2D eigenvalue weighted by atomic mass is 9.77. The minimum Gasteiger partial charge on any atom is -0.466 e. The predicted molar refractivity (Wildman–Crippen MR) is 125 cm³/mol. The number of esters is 1. The van der Waals surface area contributed by atoms with Crippen molar-refractivity contribution in [2.75, 3.05) is 20.2 Å². The third kappa shape index (κ3) is 4.81. The second kappa shape index (κ2) is 9.97. The number of non-ortho nitro benzene ring substituents is 1. The van der Waals surface area contributed by atoms with Gasteiger partial charge in [0.05, 0.1) is 24.2 Å². The first kappa shape index (κ1) is 24.2. The maximum absolute atomic E-state index is 13.3. The van der Waals surface area contributed by atoms with Crippen molar-refractivity contribution in [3.8, 4) is 0 Å². The maximum Gasteiger partial charge on any atom is 0.336 e. The Morgan fingerprint density at radius 3 is 2.58 bits per heavy atom. The second-order valence-corrected chi connectivity index (χ2v) is 7.89. The van der Waals surface area contributed by atoms with Crippen molar-refractivity contribution >= 4 is 29.8 Å². The van der Waals surface area contributed by atoms with Crippen LogP contribution in [-0.4, -0.2) is 41.8 Å². The van der Waals surface area contributed by atoms with Gasteiger partial charge in [-0.05, 0) is 18.1 Å². The van der Waals surface area contributed by atoms with E-state index in [1.807, 2.05) is 35.2 Å². The molecule has 2 aliphatic heterocycles. The lowest BCUT2D eigenvalue weighted by Crippen LogP contribution is -2.45. The average molecular weight is 470 g/mol. The Hall–Kier alpha value is -3.49. The van der Waals surface area contributed by atoms with Gasteiger partial charge in [0.25, 0.3) is 5.69 Å². The highest BCUT2D eigenvalue weighted by molar-refractivity contribution is 6.04. The summed E-state index contributed by atoms with van der Waals surface area (Å²) in [6, 6.07) is 15.9. The first-order chi connectivity index (χ1) is 15.4. The van der Waals surface area contributed by atoms with Crippen LogP contribution in [0.4, 0.5) is 5.69 Å². The number of allylic oxidation sites excluding steroid dienone is 1. The summed E-state index contributed by atoms with van der Waals surface area (Å²) in [6.45, 7) is 3.04. The lowest BCUT2D eigenvalue weighted by Gasteiger charge is -2.37. The van der Waals surface area contributed by atoms with E-state index in [1.165, 1.54) is 19.2 Å². The zero-order valence-electron chi connectivity index (χ0n) is 18.2. The van der Waals surface area contributed by atoms with Crippen LogP contribution in [0, 0.1) is 10.1 Å². The van der Waals surface area contributed by atoms with Gasteiger partial charge in [0, 0.05) is 48.1 Å². The van der Waals surface area contributed by atoms with E-state index < -0.39 is 16.8 Å². The number of ketones is 1. The molecule has 0 saturated carbocycles. The minimum atomic E-state index is -0.732. The van der Waals surface area contributed by atoms with Gasteiger partial charge in [-0.3, -0.25) is 19.8 Å². The van der Waals surface area contributed by atoms with Gasteiger partial charge in [0.15, 0.2) is 5.78 Å². The maximum atomic E-state index is 13.3. The molecule has 9 heteroatoms. The molecule has 2 aromatic carbocycles. The van der Waals surface area contributed by atoms with Gasteiger partial charge < -0.3 is 10.1 Å². The zero-order chi connectivity index (χ0) is 22.8. The summed E-state index contributed by atoms with van der Waals surface area (Å²) < 4.78 is 4.99. The number of dihydropyridines is 1. The molecule has 0 fully saturated rings. The molecule has 2 aromatic rings. The molecule has 1 atom stereocenters. The fraction of sp³-hybridized carbons (Fsp3) is 0.250. The first-order valence-corrected chi connectivity index (χ1v) is 10.2. The number of nitrogens with one attached hydrogen (secondary N) is 1. The molecule has 4 rings (SSSR count). The fourth-order valence-electron chi connectivity index (χ4n) is 4.40. The molecular weight excluding hydrogens is 446 g/mol. The average Bonchev–Trinajstić information content (AvgIpc) is 2.78. The molecule has 0 aromatic heterocycles. The van der Waals surface area contributed by atoms with Crippen molar-refractivity contribution in [1.82, 2.24) is 10.2 Å². The Morgan fingerprint density at radius 1 is 1.18 bits per heavy atom. The molecule has 0 amide bonds. The summed E-state index contributed by atoms with van der Waals surface area (Å²) in [5.74, 6) is -1.43. The van der Waals surface area contributed by atoms with Gasteiger partial charge in [-0.1, -0.05) is 42.5 Å². The highest BCUT2D eigenvalue weighted by Crippen LogP contribution is 2.41. The SMILES string of the molecule is COC(=O)C1=C(C)NC2=C(C(=O)CN(Cc3ccccc3)C2)C1c1cccc([N+](=O)[O-])c1.Cl. The first-order valence-electron chi connectivity index (χ1n) is 10.2. The summed E-state index contributed by atoms with van der Waals surface area (Å²) in [7, 11) is 1.28. The Balaban J connectivity index is 0.00000306. The summed E-state index contributed by atoms with van der Waals surface area (Å²) >= 11 is 0. The molecule has 0 saturated heterocycles. The van der Waals surface area contributed by atoms with Crippen molar-refractivity contribution in [2.45, 2.75) is 19.4 Å². The second-order valence-electron chi connectivity index (χ2n) is 7.89. The summed E-state index contributed by atoms with van der Waals surface area (Å²) in [6.07, 6.45) is 0. The molecular formula is C24H24ClN3O5. The van der Waals surface area contributed by atoms with E-state index in [-0.39, 0.29) is 36.0 Å². The number of methoxy groups -OCH3 is 1. The molecule has 2 heterocycles. The topological polar surface area (TPSA) is 102 Å². The number of carbonyl (C=O) groups excluding carboxylic acids is 2. The molecule has 0 bridgehead atoms. The molecule has 33 heavy (non-hydrogen) atoms. The van der Waals surface area contributed by atoms with E-state index in [0.717, 1.165) is 5.56 Å². The van der Waals surface area contributed by atoms with Crippen molar-refractivity contribution < 1.29 is 19.2 Å². The number of nitro benzene ring substituents is 1. The van der Waals surface area contributed by atoms with E-state index in [1.54, 1.807) is 19.1 Å². The van der Waals surface area contributed by atoms with E-state index in [0.29, 0.717) is 35.6 Å². The fourth-order valence-corrected chi connectivity index (χ4v) is 4.40. The van der Waals surface area contributed by atoms with Gasteiger partial charge >= 0.3 is 5.97 Å². The highest BCUT2D eigenvalue weighted by atomic mass is 35.5. The third-order valence-corrected chi connectivity index (χ3v) is 5.76. The number of nitro groups is 1. The number of Topliss-reactive ketones (excluding diaryl/α,β-unsaturated/α-hetero) is 1. The van der Waals surface area contributed by atoms with Crippen LogP contribution >= 0.6 is 12.4 Å². The van der Waals surface area contributed by atoms with Gasteiger partial charge in [0.1, 0.15) is 0 Å². The van der Waals surface area contributed by atoms with Crippen molar-refractivity contribution in [2.24, 2.45) is 0 Å². The van der Waals surface area contributed by atoms with Crippen LogP contribution in [0.5, 0.6) is 0 Å².